The maximum Gasteiger partial charge on any atom is 0.238 e. The standard InChI is InChI=1S/C16H23N3O4S.ClH/c1-23-15-5-4-13(24(17,21)22)9-14(15)19-16(20)8-10-6-11-2-3-12(7-10)18-11;/h4-5,9-12,18H,2-3,6-8H2,1H3,(H,19,20)(H2,17,21,22);1H. The first-order chi connectivity index (χ1) is 11.3. The van der Waals surface area contributed by atoms with Gasteiger partial charge in [0.1, 0.15) is 5.75 Å². The van der Waals surface area contributed by atoms with Gasteiger partial charge in [0.25, 0.3) is 0 Å². The molecule has 140 valence electrons. The molecule has 1 amide bonds. The van der Waals surface area contributed by atoms with Crippen molar-refractivity contribution in [3.8, 4) is 5.75 Å². The Morgan fingerprint density at radius 2 is 1.96 bits per heavy atom. The van der Waals surface area contributed by atoms with Gasteiger partial charge in [-0.1, -0.05) is 0 Å². The monoisotopic (exact) mass is 389 g/mol. The van der Waals surface area contributed by atoms with Crippen LogP contribution in [0.2, 0.25) is 0 Å². The number of nitrogens with one attached hydrogen (secondary N) is 2. The van der Waals surface area contributed by atoms with E-state index in [2.05, 4.69) is 10.6 Å². The fraction of sp³-hybridized carbons (Fsp3) is 0.562. The smallest absolute Gasteiger partial charge is 0.238 e. The molecule has 1 aromatic rings. The fourth-order valence-electron chi connectivity index (χ4n) is 3.77. The molecule has 2 atom stereocenters. The summed E-state index contributed by atoms with van der Waals surface area (Å²) >= 11 is 0. The number of nitrogens with two attached hydrogens (primary N) is 1. The van der Waals surface area contributed by atoms with Gasteiger partial charge in [-0.25, -0.2) is 13.6 Å². The van der Waals surface area contributed by atoms with Crippen LogP contribution in [0.4, 0.5) is 5.69 Å². The third-order valence-corrected chi connectivity index (χ3v) is 5.73. The number of hydrogen-bond donors (Lipinski definition) is 3. The summed E-state index contributed by atoms with van der Waals surface area (Å²) in [5, 5.41) is 11.5. The van der Waals surface area contributed by atoms with Crippen molar-refractivity contribution in [2.45, 2.75) is 49.1 Å². The molecule has 2 bridgehead atoms. The number of methoxy groups -OCH3 is 1. The minimum Gasteiger partial charge on any atom is -0.495 e. The molecule has 3 rings (SSSR count). The van der Waals surface area contributed by atoms with Crippen LogP contribution in [0.1, 0.15) is 32.1 Å². The van der Waals surface area contributed by atoms with Gasteiger partial charge in [0.05, 0.1) is 17.7 Å². The average molecular weight is 390 g/mol. The summed E-state index contributed by atoms with van der Waals surface area (Å²) in [7, 11) is -2.37. The highest BCUT2D eigenvalue weighted by Crippen LogP contribution is 2.33. The van der Waals surface area contributed by atoms with E-state index >= 15 is 0 Å². The Bertz CT molecular complexity index is 729. The molecule has 0 saturated carbocycles. The lowest BCUT2D eigenvalue weighted by Crippen LogP contribution is -2.39. The summed E-state index contributed by atoms with van der Waals surface area (Å²) in [5.74, 6) is 0.628. The van der Waals surface area contributed by atoms with Gasteiger partial charge in [-0.2, -0.15) is 0 Å². The first kappa shape index (κ1) is 20.0. The molecule has 0 aliphatic carbocycles. The maximum atomic E-state index is 12.4. The number of ether oxygens (including phenoxy) is 1. The number of amides is 1. The molecule has 1 aromatic carbocycles. The fourth-order valence-corrected chi connectivity index (χ4v) is 4.31. The SMILES string of the molecule is COc1ccc(S(N)(=O)=O)cc1NC(=O)CC1CC2CCC(C1)N2.Cl. The van der Waals surface area contributed by atoms with Crippen LogP contribution in [0.3, 0.4) is 0 Å². The molecule has 2 saturated heterocycles. The van der Waals surface area contributed by atoms with Crippen molar-refractivity contribution in [2.24, 2.45) is 11.1 Å². The second-order valence-electron chi connectivity index (χ2n) is 6.63. The highest BCUT2D eigenvalue weighted by atomic mass is 35.5. The number of piperidine rings is 1. The lowest BCUT2D eigenvalue weighted by Gasteiger charge is -2.28. The lowest BCUT2D eigenvalue weighted by molar-refractivity contribution is -0.117. The molecule has 2 aliphatic heterocycles. The number of anilines is 1. The van der Waals surface area contributed by atoms with E-state index in [1.165, 1.54) is 38.2 Å². The highest BCUT2D eigenvalue weighted by molar-refractivity contribution is 7.89. The van der Waals surface area contributed by atoms with Crippen molar-refractivity contribution >= 4 is 34.0 Å². The topological polar surface area (TPSA) is 111 Å². The van der Waals surface area contributed by atoms with E-state index in [0.717, 1.165) is 12.8 Å². The van der Waals surface area contributed by atoms with Crippen molar-refractivity contribution in [1.82, 2.24) is 5.32 Å². The molecule has 2 fully saturated rings. The Labute approximate surface area is 154 Å². The number of benzene rings is 1. The van der Waals surface area contributed by atoms with Crippen LogP contribution in [-0.2, 0) is 14.8 Å². The Kier molecular flexibility index (Phi) is 6.31. The number of primary sulfonamides is 1. The van der Waals surface area contributed by atoms with Gasteiger partial charge in [-0.05, 0) is 49.8 Å². The Balaban J connectivity index is 0.00000225. The van der Waals surface area contributed by atoms with Gasteiger partial charge in [-0.15, -0.1) is 12.4 Å². The van der Waals surface area contributed by atoms with Crippen molar-refractivity contribution in [1.29, 1.82) is 0 Å². The molecule has 2 unspecified atom stereocenters. The normalized spacial score (nSPS) is 25.1. The van der Waals surface area contributed by atoms with Gasteiger partial charge in [0, 0.05) is 18.5 Å². The molecule has 25 heavy (non-hydrogen) atoms. The van der Waals surface area contributed by atoms with E-state index in [4.69, 9.17) is 9.88 Å². The number of carbonyl (C=O) groups excluding carboxylic acids is 1. The molecule has 7 nitrogen and oxygen atoms in total. The number of halogens is 1. The number of rotatable bonds is 5. The van der Waals surface area contributed by atoms with E-state index in [1.807, 2.05) is 0 Å². The first-order valence-electron chi connectivity index (χ1n) is 8.12. The van der Waals surface area contributed by atoms with Gasteiger partial charge in [-0.3, -0.25) is 4.79 Å². The van der Waals surface area contributed by atoms with E-state index in [9.17, 15) is 13.2 Å². The summed E-state index contributed by atoms with van der Waals surface area (Å²) in [5.41, 5.74) is 0.325. The number of hydrogen-bond acceptors (Lipinski definition) is 5. The Morgan fingerprint density at radius 1 is 1.32 bits per heavy atom. The third-order valence-electron chi connectivity index (χ3n) is 4.82. The first-order valence-corrected chi connectivity index (χ1v) is 9.66. The quantitative estimate of drug-likeness (QED) is 0.708. The van der Waals surface area contributed by atoms with Crippen LogP contribution in [0.5, 0.6) is 5.75 Å². The van der Waals surface area contributed by atoms with Crippen LogP contribution < -0.4 is 20.5 Å². The molecule has 0 spiro atoms. The lowest BCUT2D eigenvalue weighted by atomic mass is 9.89. The van der Waals surface area contributed by atoms with Crippen LogP contribution >= 0.6 is 12.4 Å². The second kappa shape index (κ2) is 7.90. The van der Waals surface area contributed by atoms with Gasteiger partial charge in [0.15, 0.2) is 0 Å². The largest absolute Gasteiger partial charge is 0.495 e. The van der Waals surface area contributed by atoms with E-state index < -0.39 is 10.0 Å². The van der Waals surface area contributed by atoms with Crippen LogP contribution in [0, 0.1) is 5.92 Å². The van der Waals surface area contributed by atoms with Crippen molar-refractivity contribution in [3.63, 3.8) is 0 Å². The molecular weight excluding hydrogens is 366 g/mol. The predicted molar refractivity (Wildman–Crippen MR) is 97.5 cm³/mol. The minimum atomic E-state index is -3.83. The Morgan fingerprint density at radius 3 is 2.52 bits per heavy atom. The summed E-state index contributed by atoms with van der Waals surface area (Å²) < 4.78 is 28.2. The zero-order valence-corrected chi connectivity index (χ0v) is 15.7. The number of sulfonamides is 1. The molecule has 2 heterocycles. The summed E-state index contributed by atoms with van der Waals surface area (Å²) in [4.78, 5) is 12.3. The number of carbonyl (C=O) groups is 1. The summed E-state index contributed by atoms with van der Waals surface area (Å²) in [6.07, 6.45) is 4.83. The zero-order chi connectivity index (χ0) is 17.3. The molecule has 9 heteroatoms. The molecule has 2 aliphatic rings. The van der Waals surface area contributed by atoms with Crippen molar-refractivity contribution in [3.05, 3.63) is 18.2 Å². The Hall–Kier alpha value is -1.35. The molecule has 0 aromatic heterocycles. The van der Waals surface area contributed by atoms with Crippen molar-refractivity contribution in [2.75, 3.05) is 12.4 Å². The molecular formula is C16H24ClN3O4S. The van der Waals surface area contributed by atoms with Crippen LogP contribution in [0.25, 0.3) is 0 Å². The van der Waals surface area contributed by atoms with E-state index in [0.29, 0.717) is 35.9 Å². The summed E-state index contributed by atoms with van der Waals surface area (Å²) in [6.45, 7) is 0. The van der Waals surface area contributed by atoms with Crippen LogP contribution in [-0.4, -0.2) is 33.5 Å². The number of fused-ring (bicyclic) bond motifs is 2. The summed E-state index contributed by atoms with van der Waals surface area (Å²) in [6, 6.07) is 5.23. The van der Waals surface area contributed by atoms with Gasteiger partial charge in [0.2, 0.25) is 15.9 Å². The highest BCUT2D eigenvalue weighted by Gasteiger charge is 2.34. The average Bonchev–Trinajstić information content (AvgIpc) is 2.85. The van der Waals surface area contributed by atoms with Crippen LogP contribution in [0.15, 0.2) is 23.1 Å². The van der Waals surface area contributed by atoms with E-state index in [-0.39, 0.29) is 23.2 Å². The minimum absolute atomic E-state index is 0. The predicted octanol–water partition coefficient (Wildman–Crippen LogP) is 1.62. The molecule has 4 N–H and O–H groups in total. The zero-order valence-electron chi connectivity index (χ0n) is 14.0. The van der Waals surface area contributed by atoms with E-state index in [1.54, 1.807) is 0 Å². The molecule has 0 radical (unpaired) electrons. The maximum absolute atomic E-state index is 12.4. The van der Waals surface area contributed by atoms with Crippen molar-refractivity contribution < 1.29 is 17.9 Å². The second-order valence-corrected chi connectivity index (χ2v) is 8.20. The van der Waals surface area contributed by atoms with Gasteiger partial charge < -0.3 is 15.4 Å². The third kappa shape index (κ3) is 4.84. The van der Waals surface area contributed by atoms with Gasteiger partial charge >= 0.3 is 0 Å².